The Balaban J connectivity index is 1.63. The van der Waals surface area contributed by atoms with E-state index >= 15 is 0 Å². The molecule has 0 unspecified atom stereocenters. The fraction of sp³-hybridized carbons (Fsp3) is 0.333. The first kappa shape index (κ1) is 14.9. The van der Waals surface area contributed by atoms with Gasteiger partial charge < -0.3 is 5.32 Å². The van der Waals surface area contributed by atoms with E-state index in [1.54, 1.807) is 6.20 Å². The van der Waals surface area contributed by atoms with Crippen LogP contribution < -0.4 is 5.32 Å². The highest BCUT2D eigenvalue weighted by Gasteiger charge is 2.23. The number of halogens is 1. The fourth-order valence-electron chi connectivity index (χ4n) is 3.18. The number of rotatable bonds is 3. The van der Waals surface area contributed by atoms with Crippen molar-refractivity contribution in [1.29, 1.82) is 5.26 Å². The van der Waals surface area contributed by atoms with Gasteiger partial charge in [0.05, 0.1) is 5.69 Å². The topological polar surface area (TPSA) is 48.7 Å². The van der Waals surface area contributed by atoms with Crippen LogP contribution >= 0.6 is 11.6 Å². The number of aromatic nitrogens is 1. The van der Waals surface area contributed by atoms with Crippen LogP contribution in [0.25, 0.3) is 0 Å². The predicted molar refractivity (Wildman–Crippen MR) is 89.0 cm³/mol. The minimum absolute atomic E-state index is 0.269. The Kier molecular flexibility index (Phi) is 4.60. The van der Waals surface area contributed by atoms with Crippen LogP contribution in [0.5, 0.6) is 0 Å². The summed E-state index contributed by atoms with van der Waals surface area (Å²) in [5, 5.41) is 12.9. The number of hydrogen-bond acceptors (Lipinski definition) is 3. The molecule has 0 saturated heterocycles. The van der Waals surface area contributed by atoms with Crippen LogP contribution in [-0.2, 0) is 0 Å². The van der Waals surface area contributed by atoms with Gasteiger partial charge in [-0.25, -0.2) is 4.98 Å². The molecule has 3 rings (SSSR count). The quantitative estimate of drug-likeness (QED) is 0.832. The summed E-state index contributed by atoms with van der Waals surface area (Å²) in [4.78, 5) is 3.96. The highest BCUT2D eigenvalue weighted by atomic mass is 35.5. The maximum absolute atomic E-state index is 9.21. The van der Waals surface area contributed by atoms with Gasteiger partial charge in [-0.1, -0.05) is 41.9 Å². The van der Waals surface area contributed by atoms with Gasteiger partial charge in [-0.2, -0.15) is 5.26 Å². The maximum atomic E-state index is 9.21. The minimum atomic E-state index is 0.269. The average Bonchev–Trinajstić information content (AvgIpc) is 2.57. The number of nitrogens with zero attached hydrogens (tertiary/aromatic N) is 2. The van der Waals surface area contributed by atoms with Crippen LogP contribution in [-0.4, -0.2) is 11.0 Å². The van der Waals surface area contributed by atoms with Crippen molar-refractivity contribution in [1.82, 2.24) is 4.98 Å². The van der Waals surface area contributed by atoms with E-state index in [1.807, 2.05) is 6.07 Å². The molecule has 1 heterocycles. The maximum Gasteiger partial charge on any atom is 0.148 e. The van der Waals surface area contributed by atoms with E-state index in [1.165, 1.54) is 18.4 Å². The molecule has 0 aliphatic heterocycles. The summed E-state index contributed by atoms with van der Waals surface area (Å²) in [6.45, 7) is 0. The van der Waals surface area contributed by atoms with E-state index in [9.17, 15) is 5.26 Å². The van der Waals surface area contributed by atoms with Crippen molar-refractivity contribution in [2.24, 2.45) is 0 Å². The van der Waals surface area contributed by atoms with Crippen LogP contribution in [0.4, 0.5) is 5.69 Å². The van der Waals surface area contributed by atoms with Gasteiger partial charge in [0, 0.05) is 12.2 Å². The van der Waals surface area contributed by atoms with Crippen molar-refractivity contribution >= 4 is 17.3 Å². The number of hydrogen-bond donors (Lipinski definition) is 1. The van der Waals surface area contributed by atoms with E-state index < -0.39 is 0 Å². The second-order valence-electron chi connectivity index (χ2n) is 5.74. The molecular weight excluding hydrogens is 294 g/mol. The zero-order valence-electron chi connectivity index (χ0n) is 12.3. The molecule has 1 aromatic carbocycles. The molecule has 0 atom stereocenters. The summed E-state index contributed by atoms with van der Waals surface area (Å²) in [6, 6.07) is 15.1. The molecule has 0 amide bonds. The third-order valence-electron chi connectivity index (χ3n) is 4.37. The van der Waals surface area contributed by atoms with Crippen LogP contribution in [0.1, 0.15) is 42.7 Å². The summed E-state index contributed by atoms with van der Waals surface area (Å²) < 4.78 is 0. The molecule has 0 radical (unpaired) electrons. The lowest BCUT2D eigenvalue weighted by Gasteiger charge is -2.30. The van der Waals surface area contributed by atoms with E-state index in [0.29, 0.717) is 17.5 Å². The third-order valence-corrected chi connectivity index (χ3v) is 4.66. The number of nitrogens with one attached hydrogen (secondary N) is 1. The molecule has 112 valence electrons. The van der Waals surface area contributed by atoms with Gasteiger partial charge >= 0.3 is 0 Å². The van der Waals surface area contributed by atoms with Crippen molar-refractivity contribution in [3.63, 3.8) is 0 Å². The molecule has 2 aromatic rings. The first-order valence-electron chi connectivity index (χ1n) is 7.64. The molecule has 1 fully saturated rings. The molecule has 3 nitrogen and oxygen atoms in total. The monoisotopic (exact) mass is 311 g/mol. The van der Waals surface area contributed by atoms with Crippen LogP contribution in [0.2, 0.25) is 5.15 Å². The van der Waals surface area contributed by atoms with Gasteiger partial charge in [-0.3, -0.25) is 0 Å². The van der Waals surface area contributed by atoms with Crippen molar-refractivity contribution in [3.8, 4) is 6.07 Å². The summed E-state index contributed by atoms with van der Waals surface area (Å²) in [6.07, 6.45) is 6.18. The molecule has 0 spiro atoms. The van der Waals surface area contributed by atoms with Gasteiger partial charge in [-0.05, 0) is 43.2 Å². The lowest BCUT2D eigenvalue weighted by molar-refractivity contribution is 0.412. The summed E-state index contributed by atoms with van der Waals surface area (Å²) >= 11 is 5.98. The highest BCUT2D eigenvalue weighted by molar-refractivity contribution is 6.30. The first-order valence-corrected chi connectivity index (χ1v) is 8.02. The van der Waals surface area contributed by atoms with Crippen LogP contribution in [0.15, 0.2) is 42.6 Å². The fourth-order valence-corrected chi connectivity index (χ4v) is 3.38. The Morgan fingerprint density at radius 3 is 2.50 bits per heavy atom. The Bertz CT molecular complexity index is 670. The molecule has 1 aliphatic carbocycles. The molecular formula is C18H18ClN3. The standard InChI is InChI=1S/C18H18ClN3/c19-18-16(12-20)17(10-11-21-18)22-15-8-6-14(7-9-15)13-4-2-1-3-5-13/h1-5,10-11,14-15H,6-9H2,(H,21,22). The van der Waals surface area contributed by atoms with Crippen LogP contribution in [0, 0.1) is 11.3 Å². The van der Waals surface area contributed by atoms with Crippen molar-refractivity contribution in [2.45, 2.75) is 37.6 Å². The predicted octanol–water partition coefficient (Wildman–Crippen LogP) is 4.74. The van der Waals surface area contributed by atoms with E-state index in [4.69, 9.17) is 11.6 Å². The molecule has 0 bridgehead atoms. The smallest absolute Gasteiger partial charge is 0.148 e. The summed E-state index contributed by atoms with van der Waals surface area (Å²) in [5.41, 5.74) is 2.67. The van der Waals surface area contributed by atoms with E-state index in [-0.39, 0.29) is 5.15 Å². The number of benzene rings is 1. The zero-order chi connectivity index (χ0) is 15.4. The Labute approximate surface area is 136 Å². The highest BCUT2D eigenvalue weighted by Crippen LogP contribution is 2.34. The SMILES string of the molecule is N#Cc1c(NC2CCC(c3ccccc3)CC2)ccnc1Cl. The van der Waals surface area contributed by atoms with Gasteiger partial charge in [0.2, 0.25) is 0 Å². The van der Waals surface area contributed by atoms with Gasteiger partial charge in [0.1, 0.15) is 16.8 Å². The largest absolute Gasteiger partial charge is 0.381 e. The van der Waals surface area contributed by atoms with Gasteiger partial charge in [0.15, 0.2) is 0 Å². The average molecular weight is 312 g/mol. The molecule has 1 aliphatic rings. The first-order chi connectivity index (χ1) is 10.8. The molecule has 22 heavy (non-hydrogen) atoms. The van der Waals surface area contributed by atoms with Gasteiger partial charge in [0.25, 0.3) is 0 Å². The number of nitriles is 1. The van der Waals surface area contributed by atoms with Crippen molar-refractivity contribution in [2.75, 3.05) is 5.32 Å². The third kappa shape index (κ3) is 3.23. The van der Waals surface area contributed by atoms with Crippen molar-refractivity contribution in [3.05, 3.63) is 58.9 Å². The Hall–Kier alpha value is -2.05. The summed E-state index contributed by atoms with van der Waals surface area (Å²) in [7, 11) is 0. The summed E-state index contributed by atoms with van der Waals surface area (Å²) in [5.74, 6) is 0.649. The Morgan fingerprint density at radius 1 is 1.09 bits per heavy atom. The van der Waals surface area contributed by atoms with Crippen LogP contribution in [0.3, 0.4) is 0 Å². The Morgan fingerprint density at radius 2 is 1.82 bits per heavy atom. The second kappa shape index (κ2) is 6.81. The normalized spacial score (nSPS) is 21.1. The zero-order valence-corrected chi connectivity index (χ0v) is 13.1. The number of pyridine rings is 1. The minimum Gasteiger partial charge on any atom is -0.381 e. The lowest BCUT2D eigenvalue weighted by Crippen LogP contribution is -2.25. The molecule has 1 saturated carbocycles. The van der Waals surface area contributed by atoms with E-state index in [2.05, 4.69) is 46.7 Å². The molecule has 4 heteroatoms. The van der Waals surface area contributed by atoms with Gasteiger partial charge in [-0.15, -0.1) is 0 Å². The van der Waals surface area contributed by atoms with E-state index in [0.717, 1.165) is 18.5 Å². The molecule has 1 aromatic heterocycles. The molecule has 1 N–H and O–H groups in total. The second-order valence-corrected chi connectivity index (χ2v) is 6.10. The lowest BCUT2D eigenvalue weighted by atomic mass is 9.81. The van der Waals surface area contributed by atoms with Crippen molar-refractivity contribution < 1.29 is 0 Å². The number of anilines is 1.